The van der Waals surface area contributed by atoms with E-state index in [-0.39, 0.29) is 42.7 Å². The van der Waals surface area contributed by atoms with Crippen molar-refractivity contribution in [1.82, 2.24) is 9.55 Å². The number of ether oxygens (including phenoxy) is 1. The number of rotatable bonds is 7. The molecule has 0 fully saturated rings. The molecule has 0 unspecified atom stereocenters. The van der Waals surface area contributed by atoms with E-state index in [1.807, 2.05) is 18.3 Å². The van der Waals surface area contributed by atoms with Gasteiger partial charge in [-0.25, -0.2) is 4.98 Å². The van der Waals surface area contributed by atoms with Gasteiger partial charge in [0.15, 0.2) is 0 Å². The Morgan fingerprint density at radius 1 is 0.610 bits per heavy atom. The number of para-hydroxylation sites is 1. The van der Waals surface area contributed by atoms with Crippen LogP contribution < -0.4 is 14.5 Å². The summed E-state index contributed by atoms with van der Waals surface area (Å²) >= 11 is 0. The maximum atomic E-state index is 6.80. The second-order valence-electron chi connectivity index (χ2n) is 19.2. The van der Waals surface area contributed by atoms with Gasteiger partial charge in [-0.05, 0) is 74.9 Å². The second-order valence-corrected chi connectivity index (χ2v) is 19.2. The first-order chi connectivity index (χ1) is 27.4. The van der Waals surface area contributed by atoms with Crippen LogP contribution in [0.3, 0.4) is 0 Å². The third kappa shape index (κ3) is 8.11. The van der Waals surface area contributed by atoms with Crippen molar-refractivity contribution in [2.24, 2.45) is 0 Å². The topological polar surface area (TPSA) is 33.5 Å². The number of nitrogens with zero attached hydrogens (tertiary/aromatic N) is 4. The molecule has 1 aliphatic heterocycles. The number of aromatic nitrogens is 2. The van der Waals surface area contributed by atoms with Crippen LogP contribution >= 0.6 is 0 Å². The molecular weight excluding hydrogens is 904 g/mol. The third-order valence-corrected chi connectivity index (χ3v) is 11.4. The Morgan fingerprint density at radius 2 is 1.27 bits per heavy atom. The Hall–Kier alpha value is -5.12. The molecule has 5 nitrogen and oxygen atoms in total. The van der Waals surface area contributed by atoms with Gasteiger partial charge in [0.05, 0.1) is 0 Å². The Morgan fingerprint density at radius 3 is 1.98 bits per heavy atom. The predicted octanol–water partition coefficient (Wildman–Crippen LogP) is 13.7. The van der Waals surface area contributed by atoms with E-state index >= 15 is 0 Å². The molecule has 0 radical (unpaired) electrons. The first kappa shape index (κ1) is 42.0. The van der Waals surface area contributed by atoms with Crippen LogP contribution in [0.5, 0.6) is 11.5 Å². The molecule has 8 rings (SSSR count). The third-order valence-electron chi connectivity index (χ3n) is 11.4. The van der Waals surface area contributed by atoms with Crippen molar-refractivity contribution in [1.29, 1.82) is 0 Å². The summed E-state index contributed by atoms with van der Waals surface area (Å²) in [7, 11) is 0. The summed E-state index contributed by atoms with van der Waals surface area (Å²) in [4.78, 5) is 9.41. The zero-order valence-electron chi connectivity index (χ0n) is 36.2. The van der Waals surface area contributed by atoms with Crippen LogP contribution in [0.1, 0.15) is 98.4 Å². The van der Waals surface area contributed by atoms with Gasteiger partial charge < -0.3 is 19.1 Å². The summed E-state index contributed by atoms with van der Waals surface area (Å²) in [6.07, 6.45) is 4.15. The largest absolute Gasteiger partial charge is 0.509 e. The van der Waals surface area contributed by atoms with Crippen molar-refractivity contribution in [3.05, 3.63) is 174 Å². The molecule has 0 aliphatic carbocycles. The Labute approximate surface area is 366 Å². The van der Waals surface area contributed by atoms with E-state index in [1.54, 1.807) is 0 Å². The molecule has 0 spiro atoms. The van der Waals surface area contributed by atoms with E-state index in [2.05, 4.69) is 219 Å². The SMILES string of the molecule is CC(C)(C)c1cccc(N2[CH-]N(c3[c-]c(Oc4[c-]c5c(c(C(C)(C)C)c4)c4ccccc4n5-c4cc(C(C)(C)C)ccn4)ccc3)C=C2C(C)(C)c2ccccc2)c1.[Pt]. The van der Waals surface area contributed by atoms with Crippen LogP contribution in [0.4, 0.5) is 11.4 Å². The molecule has 6 heteroatoms. The second kappa shape index (κ2) is 15.5. The molecule has 59 heavy (non-hydrogen) atoms. The smallest absolute Gasteiger partial charge is 0.135 e. The number of pyridine rings is 1. The van der Waals surface area contributed by atoms with Crippen molar-refractivity contribution in [2.75, 3.05) is 9.80 Å². The van der Waals surface area contributed by atoms with Gasteiger partial charge in [0.2, 0.25) is 0 Å². The first-order valence-corrected chi connectivity index (χ1v) is 20.4. The number of hydrogen-bond acceptors (Lipinski definition) is 4. The molecule has 1 aliphatic rings. The maximum absolute atomic E-state index is 6.80. The number of allylic oxidation sites excluding steroid dienone is 1. The quantitative estimate of drug-likeness (QED) is 0.149. The zero-order chi connectivity index (χ0) is 41.2. The van der Waals surface area contributed by atoms with E-state index in [9.17, 15) is 0 Å². The fourth-order valence-corrected chi connectivity index (χ4v) is 7.98. The van der Waals surface area contributed by atoms with E-state index in [0.29, 0.717) is 11.5 Å². The summed E-state index contributed by atoms with van der Waals surface area (Å²) in [6.45, 7) is 27.0. The Balaban J connectivity index is 0.00000528. The van der Waals surface area contributed by atoms with Crippen LogP contribution in [-0.4, -0.2) is 9.55 Å². The minimum Gasteiger partial charge on any atom is -0.509 e. The molecule has 0 amide bonds. The van der Waals surface area contributed by atoms with Crippen molar-refractivity contribution < 1.29 is 25.8 Å². The summed E-state index contributed by atoms with van der Waals surface area (Å²) in [5.41, 5.74) is 9.63. The summed E-state index contributed by atoms with van der Waals surface area (Å²) < 4.78 is 9.04. The molecule has 5 aromatic carbocycles. The molecule has 3 heterocycles. The van der Waals surface area contributed by atoms with Gasteiger partial charge in [0, 0.05) is 61.1 Å². The molecule has 0 bridgehead atoms. The molecule has 0 N–H and O–H groups in total. The number of anilines is 2. The zero-order valence-corrected chi connectivity index (χ0v) is 38.5. The average Bonchev–Trinajstić information content (AvgIpc) is 3.78. The fraction of sp³-hybridized carbons (Fsp3) is 0.283. The van der Waals surface area contributed by atoms with Crippen molar-refractivity contribution in [3.63, 3.8) is 0 Å². The maximum Gasteiger partial charge on any atom is 0.135 e. The summed E-state index contributed by atoms with van der Waals surface area (Å²) in [6, 6.07) is 48.1. The van der Waals surface area contributed by atoms with Gasteiger partial charge in [0.1, 0.15) is 5.82 Å². The van der Waals surface area contributed by atoms with Gasteiger partial charge in [0.25, 0.3) is 0 Å². The van der Waals surface area contributed by atoms with Crippen LogP contribution in [0.15, 0.2) is 133 Å². The van der Waals surface area contributed by atoms with Crippen molar-refractivity contribution in [2.45, 2.75) is 97.8 Å². The molecule has 306 valence electrons. The normalized spacial score (nSPS) is 13.8. The Bertz CT molecular complexity index is 2670. The number of fused-ring (bicyclic) bond motifs is 3. The fourth-order valence-electron chi connectivity index (χ4n) is 7.98. The number of benzene rings is 5. The molecular formula is C53H55N4OPt-3. The predicted molar refractivity (Wildman–Crippen MR) is 242 cm³/mol. The van der Waals surface area contributed by atoms with Crippen molar-refractivity contribution in [3.8, 4) is 17.3 Å². The van der Waals surface area contributed by atoms with Gasteiger partial charge >= 0.3 is 0 Å². The average molecular weight is 959 g/mol. The van der Waals surface area contributed by atoms with E-state index in [4.69, 9.17) is 9.72 Å². The van der Waals surface area contributed by atoms with Crippen molar-refractivity contribution >= 4 is 33.2 Å². The minimum absolute atomic E-state index is 0. The van der Waals surface area contributed by atoms with Gasteiger partial charge in [-0.1, -0.05) is 148 Å². The van der Waals surface area contributed by atoms with E-state index in [1.165, 1.54) is 27.6 Å². The number of hydrogen-bond donors (Lipinski definition) is 0. The standard InChI is InChI=1S/C53H55N4O.Pt/c1-50(2,3)37-21-17-23-40(29-37)56-35-55(34-47(56)53(10,11)36-19-13-12-14-20-36)39-22-18-24-41(31-39)58-42-32-44(52(7,8)9)49-43-25-15-16-26-45(43)57(46(49)33-42)48-30-38(27-28-54-48)51(4,5)6;/h12-30,32,34-35H,1-11H3;/q-3;. The van der Waals surface area contributed by atoms with Crippen LogP contribution in [0.25, 0.3) is 27.6 Å². The van der Waals surface area contributed by atoms with Crippen LogP contribution in [0, 0.1) is 18.8 Å². The molecule has 0 atom stereocenters. The summed E-state index contributed by atoms with van der Waals surface area (Å²) in [5.74, 6) is 2.11. The summed E-state index contributed by atoms with van der Waals surface area (Å²) in [5, 5.41) is 2.34. The molecule has 7 aromatic rings. The minimum atomic E-state index is -0.300. The van der Waals surface area contributed by atoms with Gasteiger partial charge in [-0.3, -0.25) is 0 Å². The molecule has 0 saturated carbocycles. The van der Waals surface area contributed by atoms with Gasteiger partial charge in [-0.2, -0.15) is 6.07 Å². The molecule has 2 aromatic heterocycles. The molecule has 0 saturated heterocycles. The van der Waals surface area contributed by atoms with E-state index < -0.39 is 0 Å². The van der Waals surface area contributed by atoms with Crippen LogP contribution in [-0.2, 0) is 42.7 Å². The van der Waals surface area contributed by atoms with Crippen LogP contribution in [0.2, 0.25) is 0 Å². The van der Waals surface area contributed by atoms with E-state index in [0.717, 1.165) is 39.3 Å². The monoisotopic (exact) mass is 958 g/mol. The first-order valence-electron chi connectivity index (χ1n) is 20.4. The Kier molecular flexibility index (Phi) is 11.0. The van der Waals surface area contributed by atoms with Gasteiger partial charge in [-0.15, -0.1) is 48.3 Å².